The zero-order chi connectivity index (χ0) is 24.1. The molecule has 0 N–H and O–H groups in total. The Bertz CT molecular complexity index is 1110. The molecule has 1 aromatic carbocycles. The summed E-state index contributed by atoms with van der Waals surface area (Å²) in [6.45, 7) is 5.34. The summed E-state index contributed by atoms with van der Waals surface area (Å²) in [7, 11) is 0. The van der Waals surface area contributed by atoms with Crippen molar-refractivity contribution in [3.05, 3.63) is 65.1 Å². The molecule has 0 aliphatic carbocycles. The Labute approximate surface area is 197 Å². The first-order valence-electron chi connectivity index (χ1n) is 11.8. The summed E-state index contributed by atoms with van der Waals surface area (Å²) in [5.74, 6) is -0.342. The van der Waals surface area contributed by atoms with Crippen molar-refractivity contribution in [3.63, 3.8) is 0 Å². The number of rotatable bonds is 3. The van der Waals surface area contributed by atoms with Crippen LogP contribution in [0.15, 0.2) is 42.5 Å². The van der Waals surface area contributed by atoms with E-state index in [0.29, 0.717) is 13.1 Å². The molecule has 3 aromatic rings. The predicted octanol–water partition coefficient (Wildman–Crippen LogP) is 4.97. The van der Waals surface area contributed by atoms with E-state index < -0.39 is 11.9 Å². The van der Waals surface area contributed by atoms with Crippen LogP contribution in [-0.4, -0.2) is 56.5 Å². The maximum Gasteiger partial charge on any atom is 0.433 e. The van der Waals surface area contributed by atoms with Gasteiger partial charge in [0, 0.05) is 37.9 Å². The third kappa shape index (κ3) is 5.94. The van der Waals surface area contributed by atoms with E-state index in [4.69, 9.17) is 0 Å². The minimum absolute atomic E-state index is 0.000358. The first kappa shape index (κ1) is 24.2. The van der Waals surface area contributed by atoms with Crippen LogP contribution in [0.5, 0.6) is 0 Å². The second-order valence-electron chi connectivity index (χ2n) is 8.90. The molecule has 1 fully saturated rings. The second kappa shape index (κ2) is 10.5. The van der Waals surface area contributed by atoms with Crippen LogP contribution in [0.2, 0.25) is 0 Å². The van der Waals surface area contributed by atoms with Crippen LogP contribution in [0.25, 0.3) is 5.65 Å². The molecule has 34 heavy (non-hydrogen) atoms. The lowest BCUT2D eigenvalue weighted by molar-refractivity contribution is -0.142. The van der Waals surface area contributed by atoms with E-state index in [0.717, 1.165) is 62.3 Å². The van der Waals surface area contributed by atoms with Crippen molar-refractivity contribution >= 4 is 11.6 Å². The van der Waals surface area contributed by atoms with Crippen molar-refractivity contribution in [1.82, 2.24) is 24.4 Å². The van der Waals surface area contributed by atoms with Crippen LogP contribution in [0.1, 0.15) is 59.5 Å². The van der Waals surface area contributed by atoms with Gasteiger partial charge in [-0.25, -0.2) is 9.50 Å². The van der Waals surface area contributed by atoms with E-state index in [9.17, 15) is 18.0 Å². The topological polar surface area (TPSA) is 53.7 Å². The van der Waals surface area contributed by atoms with Gasteiger partial charge in [0.05, 0.1) is 0 Å². The fraction of sp³-hybridized carbons (Fsp3) is 0.480. The lowest BCUT2D eigenvalue weighted by atomic mass is 10.1. The molecule has 2 aromatic heterocycles. The fourth-order valence-corrected chi connectivity index (χ4v) is 4.47. The second-order valence-corrected chi connectivity index (χ2v) is 8.90. The largest absolute Gasteiger partial charge is 0.433 e. The first-order chi connectivity index (χ1) is 16.3. The number of aryl methyl sites for hydroxylation is 1. The van der Waals surface area contributed by atoms with Gasteiger partial charge in [-0.3, -0.25) is 9.69 Å². The summed E-state index contributed by atoms with van der Waals surface area (Å²) in [4.78, 5) is 21.6. The van der Waals surface area contributed by atoms with Gasteiger partial charge in [0.2, 0.25) is 0 Å². The fourth-order valence-electron chi connectivity index (χ4n) is 4.47. The average Bonchev–Trinajstić information content (AvgIpc) is 3.20. The van der Waals surface area contributed by atoms with Crippen molar-refractivity contribution in [1.29, 1.82) is 0 Å². The molecule has 0 radical (unpaired) electrons. The zero-order valence-electron chi connectivity index (χ0n) is 19.4. The van der Waals surface area contributed by atoms with E-state index in [1.807, 2.05) is 18.2 Å². The molecule has 1 aliphatic heterocycles. The van der Waals surface area contributed by atoms with Gasteiger partial charge in [-0.2, -0.15) is 18.3 Å². The lowest BCUT2D eigenvalue weighted by Gasteiger charge is -2.25. The van der Waals surface area contributed by atoms with E-state index in [1.54, 1.807) is 4.90 Å². The highest BCUT2D eigenvalue weighted by atomic mass is 19.4. The highest BCUT2D eigenvalue weighted by Gasteiger charge is 2.35. The quantitative estimate of drug-likeness (QED) is 0.539. The molecule has 3 heterocycles. The SMILES string of the molecule is Cc1cc(C(F)(F)F)n2nc(C(=O)N3CCCCCCN(Cc4ccccc4)CCC3)cc2n1. The van der Waals surface area contributed by atoms with Crippen molar-refractivity contribution in [2.24, 2.45) is 0 Å². The minimum Gasteiger partial charge on any atom is -0.337 e. The van der Waals surface area contributed by atoms with Crippen LogP contribution in [0.4, 0.5) is 13.2 Å². The number of carbonyl (C=O) groups is 1. The number of benzene rings is 1. The maximum atomic E-state index is 13.5. The molecule has 0 atom stereocenters. The lowest BCUT2D eigenvalue weighted by Crippen LogP contribution is -2.35. The summed E-state index contributed by atoms with van der Waals surface area (Å²) in [6.07, 6.45) is 0.265. The summed E-state index contributed by atoms with van der Waals surface area (Å²) >= 11 is 0. The molecule has 9 heteroatoms. The normalized spacial score (nSPS) is 17.0. The van der Waals surface area contributed by atoms with Gasteiger partial charge >= 0.3 is 6.18 Å². The molecule has 6 nitrogen and oxygen atoms in total. The third-order valence-corrected chi connectivity index (χ3v) is 6.16. The minimum atomic E-state index is -4.59. The van der Waals surface area contributed by atoms with Gasteiger partial charge in [0.1, 0.15) is 5.69 Å². The standard InChI is InChI=1S/C25H30F3N5O/c1-19-16-22(25(26,27)28)33-23(29-19)17-21(30-33)24(34)32-14-8-3-2-7-12-31(13-9-15-32)18-20-10-5-4-6-11-20/h4-6,10-11,16-17H,2-3,7-9,12-15,18H2,1H3. The van der Waals surface area contributed by atoms with E-state index in [1.165, 1.54) is 18.6 Å². The molecule has 0 saturated carbocycles. The number of hydrogen-bond donors (Lipinski definition) is 0. The van der Waals surface area contributed by atoms with Crippen molar-refractivity contribution in [2.75, 3.05) is 26.2 Å². The molecule has 0 bridgehead atoms. The van der Waals surface area contributed by atoms with Gasteiger partial charge in [0.15, 0.2) is 11.3 Å². The Kier molecular flexibility index (Phi) is 7.50. The number of fused-ring (bicyclic) bond motifs is 1. The van der Waals surface area contributed by atoms with Crippen LogP contribution in [0.3, 0.4) is 0 Å². The van der Waals surface area contributed by atoms with Crippen LogP contribution in [-0.2, 0) is 12.7 Å². The van der Waals surface area contributed by atoms with Crippen molar-refractivity contribution in [3.8, 4) is 0 Å². The zero-order valence-corrected chi connectivity index (χ0v) is 19.4. The van der Waals surface area contributed by atoms with E-state index in [-0.39, 0.29) is 22.9 Å². The van der Waals surface area contributed by atoms with Crippen molar-refractivity contribution < 1.29 is 18.0 Å². The summed E-state index contributed by atoms with van der Waals surface area (Å²) in [5, 5.41) is 4.01. The van der Waals surface area contributed by atoms with E-state index >= 15 is 0 Å². The number of nitrogens with zero attached hydrogens (tertiary/aromatic N) is 5. The molecule has 1 saturated heterocycles. The Hall–Kier alpha value is -2.94. The molecule has 0 unspecified atom stereocenters. The highest BCUT2D eigenvalue weighted by Crippen LogP contribution is 2.30. The Morgan fingerprint density at radius 3 is 2.35 bits per heavy atom. The van der Waals surface area contributed by atoms with Crippen LogP contribution < -0.4 is 0 Å². The maximum absolute atomic E-state index is 13.5. The smallest absolute Gasteiger partial charge is 0.337 e. The molecular weight excluding hydrogens is 443 g/mol. The Morgan fingerprint density at radius 2 is 1.62 bits per heavy atom. The molecule has 1 amide bonds. The van der Waals surface area contributed by atoms with Gasteiger partial charge in [-0.1, -0.05) is 43.2 Å². The Morgan fingerprint density at radius 1 is 0.941 bits per heavy atom. The third-order valence-electron chi connectivity index (χ3n) is 6.16. The predicted molar refractivity (Wildman–Crippen MR) is 123 cm³/mol. The average molecular weight is 474 g/mol. The molecule has 182 valence electrons. The van der Waals surface area contributed by atoms with Crippen molar-refractivity contribution in [2.45, 2.75) is 51.7 Å². The number of carbonyl (C=O) groups excluding carboxylic acids is 1. The number of aromatic nitrogens is 3. The number of alkyl halides is 3. The van der Waals surface area contributed by atoms with Gasteiger partial charge < -0.3 is 4.90 Å². The van der Waals surface area contributed by atoms with E-state index in [2.05, 4.69) is 27.1 Å². The number of amides is 1. The van der Waals surface area contributed by atoms with Gasteiger partial charge in [0.25, 0.3) is 5.91 Å². The van der Waals surface area contributed by atoms with Gasteiger partial charge in [-0.15, -0.1) is 0 Å². The molecule has 4 rings (SSSR count). The number of halogens is 3. The summed E-state index contributed by atoms with van der Waals surface area (Å²) < 4.78 is 41.2. The van der Waals surface area contributed by atoms with Gasteiger partial charge in [-0.05, 0) is 44.4 Å². The first-order valence-corrected chi connectivity index (χ1v) is 11.8. The summed E-state index contributed by atoms with van der Waals surface area (Å²) in [5.41, 5.74) is 0.594. The number of hydrogen-bond acceptors (Lipinski definition) is 4. The molecule has 0 spiro atoms. The molecular formula is C25H30F3N5O. The summed E-state index contributed by atoms with van der Waals surface area (Å²) in [6, 6.07) is 12.6. The van der Waals surface area contributed by atoms with Crippen LogP contribution >= 0.6 is 0 Å². The monoisotopic (exact) mass is 473 g/mol. The molecule has 1 aliphatic rings. The highest BCUT2D eigenvalue weighted by molar-refractivity contribution is 5.93. The van der Waals surface area contributed by atoms with Crippen LogP contribution in [0, 0.1) is 6.92 Å². The Balaban J connectivity index is 1.50.